The Bertz CT molecular complexity index is 592. The molecule has 0 aliphatic rings. The number of hydrogen-bond acceptors (Lipinski definition) is 4. The van der Waals surface area contributed by atoms with E-state index in [1.165, 1.54) is 9.75 Å². The number of thiophene rings is 1. The van der Waals surface area contributed by atoms with E-state index in [1.807, 2.05) is 0 Å². The molecule has 1 aromatic heterocycles. The Labute approximate surface area is 116 Å². The molecular formula is C14H17N3OS. The molecule has 0 atom stereocenters. The maximum absolute atomic E-state index is 11.3. The number of carbonyl (C=O) groups is 1. The minimum atomic E-state index is -0.456. The lowest BCUT2D eigenvalue weighted by atomic mass is 10.1. The van der Waals surface area contributed by atoms with Crippen LogP contribution in [0.2, 0.25) is 0 Å². The molecule has 2 aromatic rings. The van der Waals surface area contributed by atoms with Crippen LogP contribution in [0.1, 0.15) is 27.0 Å². The number of nitrogens with two attached hydrogens (primary N) is 2. The Morgan fingerprint density at radius 1 is 1.26 bits per heavy atom. The normalized spacial score (nSPS) is 10.4. The molecule has 1 aromatic carbocycles. The number of benzene rings is 1. The fraction of sp³-hybridized carbons (Fsp3) is 0.214. The van der Waals surface area contributed by atoms with Crippen molar-refractivity contribution >= 4 is 28.6 Å². The summed E-state index contributed by atoms with van der Waals surface area (Å²) in [6, 6.07) is 9.26. The number of carbonyl (C=O) groups excluding carboxylic acids is 1. The van der Waals surface area contributed by atoms with Gasteiger partial charge >= 0.3 is 0 Å². The largest absolute Gasteiger partial charge is 0.399 e. The third kappa shape index (κ3) is 3.26. The molecule has 19 heavy (non-hydrogen) atoms. The summed E-state index contributed by atoms with van der Waals surface area (Å²) in [5.41, 5.74) is 12.8. The van der Waals surface area contributed by atoms with Gasteiger partial charge in [-0.1, -0.05) is 6.92 Å². The predicted octanol–water partition coefficient (Wildman–Crippen LogP) is 2.60. The third-order valence-electron chi connectivity index (χ3n) is 2.83. The minimum Gasteiger partial charge on any atom is -0.399 e. The van der Waals surface area contributed by atoms with Gasteiger partial charge in [-0.15, -0.1) is 11.3 Å². The first-order valence-electron chi connectivity index (χ1n) is 6.11. The lowest BCUT2D eigenvalue weighted by Crippen LogP contribution is -2.14. The van der Waals surface area contributed by atoms with Crippen LogP contribution < -0.4 is 16.8 Å². The number of amides is 1. The second-order valence-electron chi connectivity index (χ2n) is 4.24. The van der Waals surface area contributed by atoms with Gasteiger partial charge in [0.1, 0.15) is 0 Å². The number of primary amides is 1. The fourth-order valence-corrected chi connectivity index (χ4v) is 2.71. The smallest absolute Gasteiger partial charge is 0.250 e. The van der Waals surface area contributed by atoms with Crippen molar-refractivity contribution in [2.24, 2.45) is 5.73 Å². The van der Waals surface area contributed by atoms with E-state index in [-0.39, 0.29) is 0 Å². The SMILES string of the molecule is CCc1ccc(CNc2cc(N)ccc2C(N)=O)s1. The third-order valence-corrected chi connectivity index (χ3v) is 4.06. The summed E-state index contributed by atoms with van der Waals surface area (Å²) in [7, 11) is 0. The van der Waals surface area contributed by atoms with Crippen molar-refractivity contribution < 1.29 is 4.79 Å². The minimum absolute atomic E-state index is 0.456. The summed E-state index contributed by atoms with van der Waals surface area (Å²) in [5, 5.41) is 3.22. The molecule has 0 spiro atoms. The lowest BCUT2D eigenvalue weighted by Gasteiger charge is -2.10. The average Bonchev–Trinajstić information content (AvgIpc) is 2.84. The second kappa shape index (κ2) is 5.75. The molecule has 4 nitrogen and oxygen atoms in total. The van der Waals surface area contributed by atoms with Crippen molar-refractivity contribution in [1.82, 2.24) is 0 Å². The van der Waals surface area contributed by atoms with E-state index in [1.54, 1.807) is 29.5 Å². The van der Waals surface area contributed by atoms with Crippen LogP contribution in [0.15, 0.2) is 30.3 Å². The number of hydrogen-bond donors (Lipinski definition) is 3. The van der Waals surface area contributed by atoms with Crippen molar-refractivity contribution in [3.63, 3.8) is 0 Å². The van der Waals surface area contributed by atoms with Crippen LogP contribution in [0, 0.1) is 0 Å². The molecule has 1 heterocycles. The molecule has 0 unspecified atom stereocenters. The summed E-state index contributed by atoms with van der Waals surface area (Å²) >= 11 is 1.76. The van der Waals surface area contributed by atoms with Gasteiger partial charge in [-0.3, -0.25) is 4.79 Å². The zero-order valence-corrected chi connectivity index (χ0v) is 11.6. The lowest BCUT2D eigenvalue weighted by molar-refractivity contribution is 0.100. The van der Waals surface area contributed by atoms with Crippen LogP contribution in [0.5, 0.6) is 0 Å². The first-order valence-corrected chi connectivity index (χ1v) is 6.92. The van der Waals surface area contributed by atoms with E-state index in [0.29, 0.717) is 23.5 Å². The fourth-order valence-electron chi connectivity index (χ4n) is 1.81. The summed E-state index contributed by atoms with van der Waals surface area (Å²) < 4.78 is 0. The van der Waals surface area contributed by atoms with E-state index in [9.17, 15) is 4.79 Å². The second-order valence-corrected chi connectivity index (χ2v) is 5.50. The summed E-state index contributed by atoms with van der Waals surface area (Å²) in [6.07, 6.45) is 1.04. The number of rotatable bonds is 5. The number of nitrogens with one attached hydrogen (secondary N) is 1. The van der Waals surface area contributed by atoms with Crippen molar-refractivity contribution in [2.75, 3.05) is 11.1 Å². The molecule has 0 saturated heterocycles. The molecule has 0 bridgehead atoms. The number of anilines is 2. The molecule has 0 radical (unpaired) electrons. The highest BCUT2D eigenvalue weighted by Gasteiger charge is 2.08. The number of aryl methyl sites for hydroxylation is 1. The van der Waals surface area contributed by atoms with Gasteiger partial charge in [-0.2, -0.15) is 0 Å². The molecule has 2 rings (SSSR count). The summed E-state index contributed by atoms with van der Waals surface area (Å²) in [5.74, 6) is -0.456. The maximum atomic E-state index is 11.3. The molecule has 100 valence electrons. The van der Waals surface area contributed by atoms with E-state index in [2.05, 4.69) is 24.4 Å². The quantitative estimate of drug-likeness (QED) is 0.734. The van der Waals surface area contributed by atoms with Crippen LogP contribution in [0.4, 0.5) is 11.4 Å². The first-order chi connectivity index (χ1) is 9.10. The zero-order chi connectivity index (χ0) is 13.8. The zero-order valence-electron chi connectivity index (χ0n) is 10.8. The van der Waals surface area contributed by atoms with Crippen molar-refractivity contribution in [2.45, 2.75) is 19.9 Å². The van der Waals surface area contributed by atoms with Gasteiger partial charge in [0, 0.05) is 27.7 Å². The molecule has 0 fully saturated rings. The predicted molar refractivity (Wildman–Crippen MR) is 80.4 cm³/mol. The molecular weight excluding hydrogens is 258 g/mol. The van der Waals surface area contributed by atoms with Crippen LogP contribution in [-0.2, 0) is 13.0 Å². The Balaban J connectivity index is 2.14. The maximum Gasteiger partial charge on any atom is 0.250 e. The van der Waals surface area contributed by atoms with E-state index in [0.717, 1.165) is 6.42 Å². The van der Waals surface area contributed by atoms with Gasteiger partial charge in [-0.05, 0) is 36.8 Å². The van der Waals surface area contributed by atoms with Gasteiger partial charge < -0.3 is 16.8 Å². The molecule has 5 heteroatoms. The van der Waals surface area contributed by atoms with E-state index in [4.69, 9.17) is 11.5 Å². The molecule has 0 aliphatic carbocycles. The van der Waals surface area contributed by atoms with Gasteiger partial charge in [-0.25, -0.2) is 0 Å². The standard InChI is InChI=1S/C14H17N3OS/c1-2-10-4-5-11(19-10)8-17-13-7-9(15)3-6-12(13)14(16)18/h3-7,17H,2,8,15H2,1H3,(H2,16,18). The van der Waals surface area contributed by atoms with Crippen molar-refractivity contribution in [3.8, 4) is 0 Å². The first kappa shape index (κ1) is 13.4. The molecule has 0 aliphatic heterocycles. The highest BCUT2D eigenvalue weighted by molar-refractivity contribution is 7.12. The molecule has 1 amide bonds. The molecule has 0 saturated carbocycles. The Morgan fingerprint density at radius 3 is 2.63 bits per heavy atom. The van der Waals surface area contributed by atoms with Gasteiger partial charge in [0.2, 0.25) is 0 Å². The Morgan fingerprint density at radius 2 is 2.00 bits per heavy atom. The highest BCUT2D eigenvalue weighted by atomic mass is 32.1. The van der Waals surface area contributed by atoms with Crippen LogP contribution >= 0.6 is 11.3 Å². The van der Waals surface area contributed by atoms with Crippen LogP contribution in [0.3, 0.4) is 0 Å². The summed E-state index contributed by atoms with van der Waals surface area (Å²) in [6.45, 7) is 2.79. The topological polar surface area (TPSA) is 81.1 Å². The number of nitrogen functional groups attached to an aromatic ring is 1. The van der Waals surface area contributed by atoms with Crippen LogP contribution in [-0.4, -0.2) is 5.91 Å². The van der Waals surface area contributed by atoms with E-state index < -0.39 is 5.91 Å². The van der Waals surface area contributed by atoms with E-state index >= 15 is 0 Å². The van der Waals surface area contributed by atoms with Crippen molar-refractivity contribution in [3.05, 3.63) is 45.6 Å². The molecule has 5 N–H and O–H groups in total. The Kier molecular flexibility index (Phi) is 4.06. The summed E-state index contributed by atoms with van der Waals surface area (Å²) in [4.78, 5) is 13.9. The Hall–Kier alpha value is -2.01. The average molecular weight is 275 g/mol. The van der Waals surface area contributed by atoms with Gasteiger partial charge in [0.05, 0.1) is 5.56 Å². The van der Waals surface area contributed by atoms with Gasteiger partial charge in [0.25, 0.3) is 5.91 Å². The van der Waals surface area contributed by atoms with Crippen LogP contribution in [0.25, 0.3) is 0 Å². The van der Waals surface area contributed by atoms with Crippen molar-refractivity contribution in [1.29, 1.82) is 0 Å². The van der Waals surface area contributed by atoms with Gasteiger partial charge in [0.15, 0.2) is 0 Å². The highest BCUT2D eigenvalue weighted by Crippen LogP contribution is 2.22. The monoisotopic (exact) mass is 275 g/mol.